The van der Waals surface area contributed by atoms with Crippen LogP contribution in [0.25, 0.3) is 0 Å². The highest BCUT2D eigenvalue weighted by molar-refractivity contribution is 5.90. The maximum atomic E-state index is 11.5. The number of carbonyl (C=O) groups excluding carboxylic acids is 1. The van der Waals surface area contributed by atoms with Gasteiger partial charge in [0.2, 0.25) is 5.91 Å². The van der Waals surface area contributed by atoms with Crippen LogP contribution in [0.3, 0.4) is 0 Å². The normalized spacial score (nSPS) is 17.5. The lowest BCUT2D eigenvalue weighted by molar-refractivity contribution is -0.140. The molecule has 1 atom stereocenters. The third-order valence-corrected chi connectivity index (χ3v) is 2.76. The molecule has 1 rings (SSSR count). The molecule has 0 fully saturated rings. The first-order valence-electron chi connectivity index (χ1n) is 5.69. The molecule has 5 N–H and O–H groups in total. The summed E-state index contributed by atoms with van der Waals surface area (Å²) in [5.74, 6) is -1.21. The standard InChI is InChI=1S/C11H19N3O3/c1-11(5-6-11)10(17)14-13-8(9(15)16)4-2-3-7-12/h5-6,8,13H,2-4,7,12H2,1H3,(H,14,17)(H,15,16). The maximum Gasteiger partial charge on any atom is 0.322 e. The van der Waals surface area contributed by atoms with Crippen molar-refractivity contribution in [2.45, 2.75) is 32.2 Å². The summed E-state index contributed by atoms with van der Waals surface area (Å²) < 4.78 is 0. The molecule has 0 aromatic rings. The van der Waals surface area contributed by atoms with Crippen molar-refractivity contribution in [1.82, 2.24) is 10.9 Å². The predicted molar refractivity (Wildman–Crippen MR) is 62.9 cm³/mol. The third kappa shape index (κ3) is 4.16. The summed E-state index contributed by atoms with van der Waals surface area (Å²) in [7, 11) is 0. The number of hydrogen-bond donors (Lipinski definition) is 4. The van der Waals surface area contributed by atoms with Gasteiger partial charge in [-0.3, -0.25) is 15.0 Å². The monoisotopic (exact) mass is 241 g/mol. The van der Waals surface area contributed by atoms with Gasteiger partial charge in [-0.05, 0) is 32.7 Å². The number of unbranched alkanes of at least 4 members (excludes halogenated alkanes) is 1. The van der Waals surface area contributed by atoms with Crippen molar-refractivity contribution in [3.8, 4) is 0 Å². The number of hydrogen-bond acceptors (Lipinski definition) is 4. The molecule has 0 saturated heterocycles. The van der Waals surface area contributed by atoms with E-state index in [0.717, 1.165) is 6.42 Å². The molecule has 0 aliphatic heterocycles. The van der Waals surface area contributed by atoms with Crippen LogP contribution in [0.4, 0.5) is 0 Å². The van der Waals surface area contributed by atoms with E-state index in [4.69, 9.17) is 10.8 Å². The van der Waals surface area contributed by atoms with Crippen LogP contribution in [0.1, 0.15) is 26.2 Å². The van der Waals surface area contributed by atoms with Crippen molar-refractivity contribution in [2.75, 3.05) is 6.54 Å². The predicted octanol–water partition coefficient (Wildman–Crippen LogP) is -0.234. The molecular weight excluding hydrogens is 222 g/mol. The van der Waals surface area contributed by atoms with Crippen molar-refractivity contribution in [3.05, 3.63) is 12.2 Å². The fourth-order valence-electron chi connectivity index (χ4n) is 1.31. The first-order valence-corrected chi connectivity index (χ1v) is 5.69. The Kier molecular flexibility index (Phi) is 4.65. The zero-order valence-electron chi connectivity index (χ0n) is 9.90. The molecule has 0 heterocycles. The zero-order valence-corrected chi connectivity index (χ0v) is 9.90. The first kappa shape index (κ1) is 13.7. The number of carboxylic acids is 1. The minimum absolute atomic E-state index is 0.234. The van der Waals surface area contributed by atoms with E-state index in [9.17, 15) is 9.59 Å². The molecule has 6 nitrogen and oxygen atoms in total. The van der Waals surface area contributed by atoms with Crippen LogP contribution >= 0.6 is 0 Å². The molecule has 6 heteroatoms. The molecule has 1 aliphatic carbocycles. The molecule has 0 aromatic heterocycles. The van der Waals surface area contributed by atoms with Crippen LogP contribution in [0.2, 0.25) is 0 Å². The van der Waals surface area contributed by atoms with E-state index in [-0.39, 0.29) is 5.91 Å². The number of amides is 1. The smallest absolute Gasteiger partial charge is 0.322 e. The first-order chi connectivity index (χ1) is 7.99. The largest absolute Gasteiger partial charge is 0.480 e. The third-order valence-electron chi connectivity index (χ3n) is 2.76. The Morgan fingerprint density at radius 2 is 2.06 bits per heavy atom. The Balaban J connectivity index is 2.29. The van der Waals surface area contributed by atoms with Gasteiger partial charge in [-0.15, -0.1) is 0 Å². The Labute approximate surface area is 100 Å². The SMILES string of the molecule is CC1(C(=O)NNC(CCCCN)C(=O)O)C=C1. The highest BCUT2D eigenvalue weighted by Crippen LogP contribution is 2.33. The molecule has 1 amide bonds. The highest BCUT2D eigenvalue weighted by atomic mass is 16.4. The number of nitrogens with one attached hydrogen (secondary N) is 2. The number of carboxylic acid groups (broad SMARTS) is 1. The summed E-state index contributed by atoms with van der Waals surface area (Å²) in [6, 6.07) is -0.771. The zero-order chi connectivity index (χ0) is 12.9. The van der Waals surface area contributed by atoms with Crippen LogP contribution in [-0.4, -0.2) is 29.6 Å². The fraction of sp³-hybridized carbons (Fsp3) is 0.636. The number of rotatable bonds is 8. The molecule has 17 heavy (non-hydrogen) atoms. The van der Waals surface area contributed by atoms with Crippen molar-refractivity contribution in [2.24, 2.45) is 11.1 Å². The Morgan fingerprint density at radius 1 is 1.41 bits per heavy atom. The number of nitrogens with two attached hydrogens (primary N) is 1. The molecule has 0 radical (unpaired) electrons. The lowest BCUT2D eigenvalue weighted by Gasteiger charge is -2.17. The van der Waals surface area contributed by atoms with Gasteiger partial charge in [-0.25, -0.2) is 5.43 Å². The second-order valence-corrected chi connectivity index (χ2v) is 4.39. The van der Waals surface area contributed by atoms with Crippen molar-refractivity contribution in [1.29, 1.82) is 0 Å². The molecule has 1 aliphatic rings. The molecule has 96 valence electrons. The van der Waals surface area contributed by atoms with E-state index in [2.05, 4.69) is 10.9 Å². The van der Waals surface area contributed by atoms with E-state index >= 15 is 0 Å². The minimum Gasteiger partial charge on any atom is -0.480 e. The second kappa shape index (κ2) is 5.79. The maximum absolute atomic E-state index is 11.5. The van der Waals surface area contributed by atoms with Gasteiger partial charge in [0.05, 0.1) is 5.41 Å². The summed E-state index contributed by atoms with van der Waals surface area (Å²) in [5.41, 5.74) is 9.76. The van der Waals surface area contributed by atoms with Gasteiger partial charge in [0.1, 0.15) is 6.04 Å². The van der Waals surface area contributed by atoms with Gasteiger partial charge < -0.3 is 10.8 Å². The van der Waals surface area contributed by atoms with Gasteiger partial charge in [0.15, 0.2) is 0 Å². The molecule has 0 aromatic carbocycles. The molecule has 0 saturated carbocycles. The second-order valence-electron chi connectivity index (χ2n) is 4.39. The molecular formula is C11H19N3O3. The van der Waals surface area contributed by atoms with Gasteiger partial charge in [0, 0.05) is 0 Å². The summed E-state index contributed by atoms with van der Waals surface area (Å²) >= 11 is 0. The summed E-state index contributed by atoms with van der Waals surface area (Å²) in [5, 5.41) is 8.94. The number of hydrazine groups is 1. The Bertz CT molecular complexity index is 322. The van der Waals surface area contributed by atoms with Crippen LogP contribution in [0, 0.1) is 5.41 Å². The lowest BCUT2D eigenvalue weighted by atomic mass is 10.1. The Morgan fingerprint density at radius 3 is 2.53 bits per heavy atom. The van der Waals surface area contributed by atoms with E-state index in [1.807, 2.05) is 0 Å². The molecule has 0 spiro atoms. The molecule has 1 unspecified atom stereocenters. The summed E-state index contributed by atoms with van der Waals surface area (Å²) in [4.78, 5) is 22.4. The lowest BCUT2D eigenvalue weighted by Crippen LogP contribution is -2.50. The summed E-state index contributed by atoms with van der Waals surface area (Å²) in [6.07, 6.45) is 5.45. The van der Waals surface area contributed by atoms with Crippen LogP contribution in [0.5, 0.6) is 0 Å². The van der Waals surface area contributed by atoms with Crippen molar-refractivity contribution < 1.29 is 14.7 Å². The summed E-state index contributed by atoms with van der Waals surface area (Å²) in [6.45, 7) is 2.30. The Hall–Kier alpha value is -1.40. The fourth-order valence-corrected chi connectivity index (χ4v) is 1.31. The van der Waals surface area contributed by atoms with Crippen molar-refractivity contribution in [3.63, 3.8) is 0 Å². The number of aliphatic carboxylic acids is 1. The van der Waals surface area contributed by atoms with E-state index in [1.165, 1.54) is 0 Å². The van der Waals surface area contributed by atoms with Crippen LogP contribution in [-0.2, 0) is 9.59 Å². The van der Waals surface area contributed by atoms with Gasteiger partial charge in [-0.2, -0.15) is 0 Å². The topological polar surface area (TPSA) is 104 Å². The minimum atomic E-state index is -0.976. The van der Waals surface area contributed by atoms with Crippen LogP contribution in [0.15, 0.2) is 12.2 Å². The van der Waals surface area contributed by atoms with Crippen LogP contribution < -0.4 is 16.6 Å². The molecule has 0 bridgehead atoms. The van der Waals surface area contributed by atoms with Gasteiger partial charge in [-0.1, -0.05) is 12.2 Å². The van der Waals surface area contributed by atoms with Gasteiger partial charge >= 0.3 is 5.97 Å². The van der Waals surface area contributed by atoms with Gasteiger partial charge in [0.25, 0.3) is 0 Å². The van der Waals surface area contributed by atoms with E-state index < -0.39 is 17.4 Å². The number of carbonyl (C=O) groups is 2. The van der Waals surface area contributed by atoms with E-state index in [1.54, 1.807) is 19.1 Å². The van der Waals surface area contributed by atoms with Crippen molar-refractivity contribution >= 4 is 11.9 Å². The van der Waals surface area contributed by atoms with E-state index in [0.29, 0.717) is 19.4 Å². The highest BCUT2D eigenvalue weighted by Gasteiger charge is 2.37. The average Bonchev–Trinajstić information content (AvgIpc) is 3.02. The quantitative estimate of drug-likeness (QED) is 0.267. The average molecular weight is 241 g/mol.